The van der Waals surface area contributed by atoms with Crippen LogP contribution in [-0.2, 0) is 0 Å². The van der Waals surface area contributed by atoms with Gasteiger partial charge in [0.05, 0.1) is 0 Å². The summed E-state index contributed by atoms with van der Waals surface area (Å²) < 4.78 is 1.06. The van der Waals surface area contributed by atoms with Crippen molar-refractivity contribution < 1.29 is 0 Å². The third kappa shape index (κ3) is 4.66. The maximum absolute atomic E-state index is 5.53. The van der Waals surface area contributed by atoms with E-state index in [-0.39, 0.29) is 0 Å². The highest BCUT2D eigenvalue weighted by molar-refractivity contribution is 14.1. The molecule has 0 bridgehead atoms. The number of hydrogen-bond acceptors (Lipinski definition) is 1. The minimum absolute atomic E-state index is 0.428. The van der Waals surface area contributed by atoms with E-state index >= 15 is 0 Å². The fourth-order valence-electron chi connectivity index (χ4n) is 0.243. The highest BCUT2D eigenvalue weighted by atomic mass is 127. The van der Waals surface area contributed by atoms with E-state index in [2.05, 4.69) is 34.3 Å². The molecule has 0 amide bonds. The summed E-state index contributed by atoms with van der Waals surface area (Å²) in [7, 11) is 0. The molecular weight excluding hydrogens is 248 g/mol. The first kappa shape index (κ1) is 9.17. The normalized spacial score (nSPS) is 13.7. The van der Waals surface area contributed by atoms with Crippen LogP contribution in [0.4, 0.5) is 0 Å². The summed E-state index contributed by atoms with van der Waals surface area (Å²) in [5.74, 6) is 0. The van der Waals surface area contributed by atoms with Gasteiger partial charge in [-0.25, -0.2) is 0 Å². The summed E-state index contributed by atoms with van der Waals surface area (Å²) in [6, 6.07) is 0. The number of aliphatic imine (C=N–C) groups is 1. The second-order valence-corrected chi connectivity index (χ2v) is 2.93. The molecule has 0 heterocycles. The Morgan fingerprint density at radius 2 is 2.33 bits per heavy atom. The molecule has 0 radical (unpaired) electrons. The first-order valence-electron chi connectivity index (χ1n) is 2.36. The van der Waals surface area contributed by atoms with Crippen molar-refractivity contribution in [2.45, 2.75) is 6.92 Å². The molecule has 0 aromatic carbocycles. The van der Waals surface area contributed by atoms with Crippen LogP contribution in [0.25, 0.3) is 0 Å². The predicted octanol–water partition coefficient (Wildman–Crippen LogP) is 3.11. The average Bonchev–Trinajstić information content (AvgIpc) is 1.87. The summed E-state index contributed by atoms with van der Waals surface area (Å²) in [5.41, 5.74) is 0. The van der Waals surface area contributed by atoms with Crippen molar-refractivity contribution in [3.05, 3.63) is 20.9 Å². The average molecular weight is 255 g/mol. The number of rotatable bonds is 2. The largest absolute Gasteiger partial charge is 0.252 e. The lowest BCUT2D eigenvalue weighted by Gasteiger charge is -1.85. The van der Waals surface area contributed by atoms with E-state index < -0.39 is 0 Å². The lowest BCUT2D eigenvalue weighted by atomic mass is 10.5. The smallest absolute Gasteiger partial charge is 0.129 e. The van der Waals surface area contributed by atoms with Crippen LogP contribution in [0.2, 0.25) is 0 Å². The minimum atomic E-state index is 0.428. The molecule has 50 valence electrons. The Morgan fingerprint density at radius 3 is 2.67 bits per heavy atom. The fourth-order valence-corrected chi connectivity index (χ4v) is 0.839. The quantitative estimate of drug-likeness (QED) is 0.311. The Labute approximate surface area is 73.6 Å². The molecule has 0 aliphatic heterocycles. The predicted molar refractivity (Wildman–Crippen MR) is 51.3 cm³/mol. The molecule has 0 saturated carbocycles. The van der Waals surface area contributed by atoms with Crippen LogP contribution in [0.15, 0.2) is 25.9 Å². The molecule has 0 unspecified atom stereocenters. The van der Waals surface area contributed by atoms with Gasteiger partial charge in [-0.3, -0.25) is 4.99 Å². The molecule has 3 heteroatoms. The molecule has 0 spiro atoms. The van der Waals surface area contributed by atoms with E-state index in [9.17, 15) is 0 Å². The molecule has 0 fully saturated rings. The van der Waals surface area contributed by atoms with Crippen LogP contribution in [0.5, 0.6) is 0 Å². The molecule has 0 N–H and O–H groups in total. The van der Waals surface area contributed by atoms with Crippen molar-refractivity contribution in [2.24, 2.45) is 4.99 Å². The van der Waals surface area contributed by atoms with Crippen LogP contribution >= 0.6 is 34.2 Å². The van der Waals surface area contributed by atoms with Crippen molar-refractivity contribution in [2.75, 3.05) is 0 Å². The molecule has 0 aromatic heterocycles. The third-order valence-corrected chi connectivity index (χ3v) is 1.85. The van der Waals surface area contributed by atoms with E-state index in [4.69, 9.17) is 11.6 Å². The standard InChI is InChI=1S/C6H7ClIN/c1-3-5(8)4-6(7)9-2/h3-4H,2H2,1H3/b5-3+,6-4-. The van der Waals surface area contributed by atoms with Gasteiger partial charge in [0.25, 0.3) is 0 Å². The molecule has 0 aromatic rings. The summed E-state index contributed by atoms with van der Waals surface area (Å²) in [6.45, 7) is 5.20. The van der Waals surface area contributed by atoms with E-state index in [1.54, 1.807) is 6.08 Å². The van der Waals surface area contributed by atoms with Crippen LogP contribution in [0, 0.1) is 0 Å². The Hall–Kier alpha value is 0.170. The van der Waals surface area contributed by atoms with Gasteiger partial charge in [0.15, 0.2) is 0 Å². The van der Waals surface area contributed by atoms with E-state index in [1.807, 2.05) is 13.0 Å². The van der Waals surface area contributed by atoms with Gasteiger partial charge < -0.3 is 0 Å². The molecule has 1 nitrogen and oxygen atoms in total. The zero-order valence-corrected chi connectivity index (χ0v) is 7.98. The third-order valence-electron chi connectivity index (χ3n) is 0.684. The molecule has 0 aliphatic rings. The lowest BCUT2D eigenvalue weighted by molar-refractivity contribution is 1.54. The summed E-state index contributed by atoms with van der Waals surface area (Å²) in [5, 5.41) is 0.428. The Kier molecular flexibility index (Phi) is 5.09. The van der Waals surface area contributed by atoms with Gasteiger partial charge in [-0.1, -0.05) is 17.7 Å². The highest BCUT2D eigenvalue weighted by Crippen LogP contribution is 2.12. The van der Waals surface area contributed by atoms with Gasteiger partial charge in [-0.05, 0) is 42.3 Å². The Balaban J connectivity index is 4.11. The van der Waals surface area contributed by atoms with Gasteiger partial charge in [-0.15, -0.1) is 0 Å². The SMILES string of the molecule is C=N/C(Cl)=C\C(I)=C/C. The zero-order valence-electron chi connectivity index (χ0n) is 5.06. The molecule has 0 rings (SSSR count). The number of allylic oxidation sites excluding steroid dienone is 3. The second kappa shape index (κ2) is 4.99. The molecule has 0 atom stereocenters. The second-order valence-electron chi connectivity index (χ2n) is 1.30. The molecule has 0 aliphatic carbocycles. The van der Waals surface area contributed by atoms with Gasteiger partial charge in [0.1, 0.15) is 5.16 Å². The summed E-state index contributed by atoms with van der Waals surface area (Å²) in [6.07, 6.45) is 3.68. The zero-order chi connectivity index (χ0) is 7.28. The van der Waals surface area contributed by atoms with Crippen LogP contribution in [0.1, 0.15) is 6.92 Å². The van der Waals surface area contributed by atoms with E-state index in [0.717, 1.165) is 3.58 Å². The number of halogens is 2. The minimum Gasteiger partial charge on any atom is -0.252 e. The van der Waals surface area contributed by atoms with Crippen molar-refractivity contribution in [3.8, 4) is 0 Å². The van der Waals surface area contributed by atoms with E-state index in [0.29, 0.717) is 5.16 Å². The number of hydrogen-bond donors (Lipinski definition) is 0. The van der Waals surface area contributed by atoms with Gasteiger partial charge >= 0.3 is 0 Å². The fraction of sp³-hybridized carbons (Fsp3) is 0.167. The summed E-state index contributed by atoms with van der Waals surface area (Å²) >= 11 is 7.68. The van der Waals surface area contributed by atoms with Crippen LogP contribution in [-0.4, -0.2) is 6.72 Å². The lowest BCUT2D eigenvalue weighted by Crippen LogP contribution is -1.63. The van der Waals surface area contributed by atoms with Crippen molar-refractivity contribution >= 4 is 40.9 Å². The maximum Gasteiger partial charge on any atom is 0.129 e. The molecular formula is C6H7ClIN. The number of nitrogens with zero attached hydrogens (tertiary/aromatic N) is 1. The first-order valence-corrected chi connectivity index (χ1v) is 3.82. The van der Waals surface area contributed by atoms with Crippen molar-refractivity contribution in [1.82, 2.24) is 0 Å². The monoisotopic (exact) mass is 255 g/mol. The van der Waals surface area contributed by atoms with Crippen LogP contribution in [0.3, 0.4) is 0 Å². The Bertz CT molecular complexity index is 160. The molecule has 9 heavy (non-hydrogen) atoms. The summed E-state index contributed by atoms with van der Waals surface area (Å²) in [4.78, 5) is 3.51. The van der Waals surface area contributed by atoms with E-state index in [1.165, 1.54) is 0 Å². The van der Waals surface area contributed by atoms with Crippen molar-refractivity contribution in [1.29, 1.82) is 0 Å². The van der Waals surface area contributed by atoms with Crippen molar-refractivity contribution in [3.63, 3.8) is 0 Å². The first-order chi connectivity index (χ1) is 4.20. The highest BCUT2D eigenvalue weighted by Gasteiger charge is 1.84. The Morgan fingerprint density at radius 1 is 1.78 bits per heavy atom. The van der Waals surface area contributed by atoms with Gasteiger partial charge in [0.2, 0.25) is 0 Å². The van der Waals surface area contributed by atoms with Gasteiger partial charge in [-0.2, -0.15) is 0 Å². The maximum atomic E-state index is 5.53. The molecule has 0 saturated heterocycles. The topological polar surface area (TPSA) is 12.4 Å². The van der Waals surface area contributed by atoms with Crippen LogP contribution < -0.4 is 0 Å². The van der Waals surface area contributed by atoms with Gasteiger partial charge in [0, 0.05) is 3.58 Å².